The maximum absolute atomic E-state index is 11.7. The van der Waals surface area contributed by atoms with Crippen LogP contribution in [0.3, 0.4) is 0 Å². The Hall–Kier alpha value is -1.16. The molecule has 1 aromatic carbocycles. The third-order valence-electron chi connectivity index (χ3n) is 2.28. The van der Waals surface area contributed by atoms with Crippen molar-refractivity contribution in [1.29, 1.82) is 0 Å². The standard InChI is InChI=1S/C13H18O3S/c1-4-16-12(15)13(2,3)17-9-10-6-5-7-11(14)8-10/h5-8,14H,4,9H2,1-3H3. The van der Waals surface area contributed by atoms with E-state index in [0.717, 1.165) is 5.56 Å². The summed E-state index contributed by atoms with van der Waals surface area (Å²) in [5.41, 5.74) is 0.993. The number of phenols is 1. The van der Waals surface area contributed by atoms with E-state index in [2.05, 4.69) is 0 Å². The number of carbonyl (C=O) groups is 1. The van der Waals surface area contributed by atoms with Crippen LogP contribution in [0.4, 0.5) is 0 Å². The second kappa shape index (κ2) is 5.96. The summed E-state index contributed by atoms with van der Waals surface area (Å²) in [7, 11) is 0. The number of rotatable bonds is 5. The third-order valence-corrected chi connectivity index (χ3v) is 3.64. The molecular weight excluding hydrogens is 236 g/mol. The number of thioether (sulfide) groups is 1. The summed E-state index contributed by atoms with van der Waals surface area (Å²) in [6, 6.07) is 7.05. The molecule has 17 heavy (non-hydrogen) atoms. The molecule has 0 aromatic heterocycles. The maximum Gasteiger partial charge on any atom is 0.321 e. The lowest BCUT2D eigenvalue weighted by Gasteiger charge is -2.21. The van der Waals surface area contributed by atoms with E-state index in [0.29, 0.717) is 12.4 Å². The molecule has 0 fully saturated rings. The molecule has 0 saturated carbocycles. The summed E-state index contributed by atoms with van der Waals surface area (Å²) in [4.78, 5) is 11.7. The lowest BCUT2D eigenvalue weighted by molar-refractivity contribution is -0.145. The number of carbonyl (C=O) groups excluding carboxylic acids is 1. The molecular formula is C13H18O3S. The van der Waals surface area contributed by atoms with Crippen LogP contribution in [0.25, 0.3) is 0 Å². The fourth-order valence-electron chi connectivity index (χ4n) is 1.27. The van der Waals surface area contributed by atoms with Gasteiger partial charge in [-0.15, -0.1) is 11.8 Å². The third kappa shape index (κ3) is 4.30. The Morgan fingerprint density at radius 2 is 2.18 bits per heavy atom. The minimum absolute atomic E-state index is 0.204. The maximum atomic E-state index is 11.7. The summed E-state index contributed by atoms with van der Waals surface area (Å²) >= 11 is 1.50. The van der Waals surface area contributed by atoms with Gasteiger partial charge in [-0.05, 0) is 38.5 Å². The van der Waals surface area contributed by atoms with E-state index in [9.17, 15) is 9.90 Å². The smallest absolute Gasteiger partial charge is 0.321 e. The van der Waals surface area contributed by atoms with Crippen molar-refractivity contribution in [2.75, 3.05) is 6.61 Å². The molecule has 0 aliphatic rings. The Morgan fingerprint density at radius 1 is 1.47 bits per heavy atom. The predicted octanol–water partition coefficient (Wildman–Crippen LogP) is 2.97. The molecule has 1 N–H and O–H groups in total. The van der Waals surface area contributed by atoms with Crippen LogP contribution in [0.2, 0.25) is 0 Å². The number of phenolic OH excluding ortho intramolecular Hbond substituents is 1. The minimum atomic E-state index is -0.568. The van der Waals surface area contributed by atoms with Gasteiger partial charge in [0.05, 0.1) is 6.61 Å². The first-order valence-corrected chi connectivity index (χ1v) is 6.53. The van der Waals surface area contributed by atoms with Crippen molar-refractivity contribution >= 4 is 17.7 Å². The Bertz CT molecular complexity index is 388. The molecule has 0 saturated heterocycles. The summed E-state index contributed by atoms with van der Waals surface area (Å²) < 4.78 is 4.44. The first-order valence-electron chi connectivity index (χ1n) is 5.55. The van der Waals surface area contributed by atoms with Crippen LogP contribution < -0.4 is 0 Å². The average Bonchev–Trinajstić information content (AvgIpc) is 2.27. The lowest BCUT2D eigenvalue weighted by Crippen LogP contribution is -2.30. The molecule has 0 radical (unpaired) electrons. The van der Waals surface area contributed by atoms with Gasteiger partial charge in [0, 0.05) is 5.75 Å². The molecule has 94 valence electrons. The van der Waals surface area contributed by atoms with E-state index in [-0.39, 0.29) is 11.7 Å². The van der Waals surface area contributed by atoms with Crippen LogP contribution in [-0.2, 0) is 15.3 Å². The van der Waals surface area contributed by atoms with Crippen molar-refractivity contribution in [2.45, 2.75) is 31.3 Å². The van der Waals surface area contributed by atoms with E-state index in [4.69, 9.17) is 4.74 Å². The number of benzene rings is 1. The average molecular weight is 254 g/mol. The van der Waals surface area contributed by atoms with Gasteiger partial charge in [-0.2, -0.15) is 0 Å². The van der Waals surface area contributed by atoms with E-state index < -0.39 is 4.75 Å². The van der Waals surface area contributed by atoms with Crippen molar-refractivity contribution in [2.24, 2.45) is 0 Å². The van der Waals surface area contributed by atoms with E-state index in [1.54, 1.807) is 25.1 Å². The number of ether oxygens (including phenoxy) is 1. The topological polar surface area (TPSA) is 46.5 Å². The minimum Gasteiger partial charge on any atom is -0.508 e. The van der Waals surface area contributed by atoms with E-state index in [1.807, 2.05) is 19.9 Å². The second-order valence-corrected chi connectivity index (χ2v) is 5.79. The van der Waals surface area contributed by atoms with Crippen LogP contribution in [0.5, 0.6) is 5.75 Å². The van der Waals surface area contributed by atoms with Gasteiger partial charge in [-0.3, -0.25) is 4.79 Å². The molecule has 1 aromatic rings. The van der Waals surface area contributed by atoms with Crippen molar-refractivity contribution in [3.05, 3.63) is 29.8 Å². The fourth-order valence-corrected chi connectivity index (χ4v) is 2.16. The molecule has 0 heterocycles. The molecule has 3 nitrogen and oxygen atoms in total. The quantitative estimate of drug-likeness (QED) is 0.821. The van der Waals surface area contributed by atoms with Gasteiger partial charge in [-0.1, -0.05) is 12.1 Å². The predicted molar refractivity (Wildman–Crippen MR) is 70.1 cm³/mol. The van der Waals surface area contributed by atoms with Crippen LogP contribution in [0, 0.1) is 0 Å². The Kier molecular flexibility index (Phi) is 4.87. The van der Waals surface area contributed by atoms with Gasteiger partial charge in [0.25, 0.3) is 0 Å². The van der Waals surface area contributed by atoms with Crippen molar-refractivity contribution in [3.8, 4) is 5.75 Å². The SMILES string of the molecule is CCOC(=O)C(C)(C)SCc1cccc(O)c1. The first-order chi connectivity index (χ1) is 7.95. The monoisotopic (exact) mass is 254 g/mol. The summed E-state index contributed by atoms with van der Waals surface area (Å²) in [6.07, 6.45) is 0. The highest BCUT2D eigenvalue weighted by Gasteiger charge is 2.29. The largest absolute Gasteiger partial charge is 0.508 e. The van der Waals surface area contributed by atoms with Gasteiger partial charge >= 0.3 is 5.97 Å². The normalized spacial score (nSPS) is 11.2. The molecule has 0 aliphatic carbocycles. The Morgan fingerprint density at radius 3 is 2.76 bits per heavy atom. The van der Waals surface area contributed by atoms with E-state index in [1.165, 1.54) is 11.8 Å². The second-order valence-electron chi connectivity index (χ2n) is 4.19. The van der Waals surface area contributed by atoms with Crippen LogP contribution in [0.15, 0.2) is 24.3 Å². The van der Waals surface area contributed by atoms with Gasteiger partial charge < -0.3 is 9.84 Å². The Balaban J connectivity index is 2.57. The highest BCUT2D eigenvalue weighted by molar-refractivity contribution is 8.00. The molecule has 0 spiro atoms. The highest BCUT2D eigenvalue weighted by Crippen LogP contribution is 2.30. The van der Waals surface area contributed by atoms with Crippen LogP contribution in [-0.4, -0.2) is 22.4 Å². The zero-order chi connectivity index (χ0) is 12.9. The van der Waals surface area contributed by atoms with Gasteiger partial charge in [-0.25, -0.2) is 0 Å². The van der Waals surface area contributed by atoms with Crippen LogP contribution >= 0.6 is 11.8 Å². The molecule has 0 amide bonds. The van der Waals surface area contributed by atoms with Crippen molar-refractivity contribution < 1.29 is 14.6 Å². The van der Waals surface area contributed by atoms with Crippen molar-refractivity contribution in [1.82, 2.24) is 0 Å². The number of hydrogen-bond donors (Lipinski definition) is 1. The first kappa shape index (κ1) is 13.9. The Labute approximate surface area is 106 Å². The van der Waals surface area contributed by atoms with Gasteiger partial charge in [0.2, 0.25) is 0 Å². The molecule has 1 rings (SSSR count). The molecule has 0 aliphatic heterocycles. The summed E-state index contributed by atoms with van der Waals surface area (Å²) in [6.45, 7) is 5.89. The summed E-state index contributed by atoms with van der Waals surface area (Å²) in [5.74, 6) is 0.711. The molecule has 0 bridgehead atoms. The molecule has 0 unspecified atom stereocenters. The summed E-state index contributed by atoms with van der Waals surface area (Å²) in [5, 5.41) is 9.34. The molecule has 4 heteroatoms. The number of aromatic hydroxyl groups is 1. The van der Waals surface area contributed by atoms with Crippen molar-refractivity contribution in [3.63, 3.8) is 0 Å². The van der Waals surface area contributed by atoms with Gasteiger partial charge in [0.1, 0.15) is 10.5 Å². The zero-order valence-corrected chi connectivity index (χ0v) is 11.2. The zero-order valence-electron chi connectivity index (χ0n) is 10.4. The highest BCUT2D eigenvalue weighted by atomic mass is 32.2. The van der Waals surface area contributed by atoms with Gasteiger partial charge in [0.15, 0.2) is 0 Å². The number of hydrogen-bond acceptors (Lipinski definition) is 4. The van der Waals surface area contributed by atoms with E-state index >= 15 is 0 Å². The molecule has 0 atom stereocenters. The van der Waals surface area contributed by atoms with Crippen LogP contribution in [0.1, 0.15) is 26.3 Å². The number of esters is 1. The lowest BCUT2D eigenvalue weighted by atomic mass is 10.2. The fraction of sp³-hybridized carbons (Fsp3) is 0.462.